The Morgan fingerprint density at radius 2 is 1.68 bits per heavy atom. The van der Waals surface area contributed by atoms with E-state index in [4.69, 9.17) is 11.5 Å². The predicted molar refractivity (Wildman–Crippen MR) is 128 cm³/mol. The number of carbonyl (C=O) groups excluding carboxylic acids is 4. The number of nitrogens with two attached hydrogens (primary N) is 2. The number of fused-ring (bicyclic) bond motifs is 1. The first-order chi connectivity index (χ1) is 15.7. The summed E-state index contributed by atoms with van der Waals surface area (Å²) in [5.41, 5.74) is 11.3. The summed E-state index contributed by atoms with van der Waals surface area (Å²) in [7, 11) is 0. The monoisotopic (exact) mass is 474 g/mol. The third kappa shape index (κ3) is 3.50. The number of likely N-dealkylation sites (tertiary alicyclic amines) is 1. The van der Waals surface area contributed by atoms with E-state index in [1.54, 1.807) is 4.90 Å². The van der Waals surface area contributed by atoms with Crippen molar-refractivity contribution < 1.29 is 19.2 Å². The molecule has 34 heavy (non-hydrogen) atoms. The van der Waals surface area contributed by atoms with Gasteiger partial charge in [-0.15, -0.1) is 0 Å². The molecular formula is C26H42N4O4. The van der Waals surface area contributed by atoms with Crippen LogP contribution in [-0.2, 0) is 19.2 Å². The van der Waals surface area contributed by atoms with E-state index in [2.05, 4.69) is 19.2 Å². The number of ketones is 1. The number of hydrogen-bond donors (Lipinski definition) is 3. The molecule has 4 rings (SSSR count). The highest BCUT2D eigenvalue weighted by atomic mass is 16.2. The molecule has 0 aromatic carbocycles. The number of rotatable bonds is 7. The van der Waals surface area contributed by atoms with Crippen LogP contribution in [0.5, 0.6) is 0 Å². The second-order valence-corrected chi connectivity index (χ2v) is 13.0. The summed E-state index contributed by atoms with van der Waals surface area (Å²) < 4.78 is 0. The molecule has 3 saturated carbocycles. The first kappa shape index (κ1) is 25.1. The summed E-state index contributed by atoms with van der Waals surface area (Å²) in [6, 6.07) is -2.38. The van der Waals surface area contributed by atoms with Gasteiger partial charge < -0.3 is 21.7 Å². The zero-order valence-electron chi connectivity index (χ0n) is 21.4. The summed E-state index contributed by atoms with van der Waals surface area (Å²) in [5.74, 6) is -2.09. The van der Waals surface area contributed by atoms with Gasteiger partial charge in [-0.05, 0) is 47.8 Å². The summed E-state index contributed by atoms with van der Waals surface area (Å²) in [6.07, 6.45) is 7.43. The lowest BCUT2D eigenvalue weighted by Gasteiger charge is -2.34. The lowest BCUT2D eigenvalue weighted by atomic mass is 9.73. The first-order valence-electron chi connectivity index (χ1n) is 12.9. The maximum absolute atomic E-state index is 13.7. The van der Waals surface area contributed by atoms with Crippen LogP contribution in [0.15, 0.2) is 0 Å². The molecule has 4 aliphatic rings. The van der Waals surface area contributed by atoms with Gasteiger partial charge in [-0.1, -0.05) is 60.3 Å². The van der Waals surface area contributed by atoms with Crippen LogP contribution >= 0.6 is 0 Å². The van der Waals surface area contributed by atoms with Crippen LogP contribution in [0, 0.1) is 27.6 Å². The van der Waals surface area contributed by atoms with Crippen molar-refractivity contribution in [3.8, 4) is 0 Å². The van der Waals surface area contributed by atoms with Gasteiger partial charge in [0.2, 0.25) is 17.6 Å². The van der Waals surface area contributed by atoms with Gasteiger partial charge in [0.25, 0.3) is 5.91 Å². The van der Waals surface area contributed by atoms with Crippen LogP contribution in [0.1, 0.15) is 86.0 Å². The molecule has 4 atom stereocenters. The molecule has 8 heteroatoms. The molecular weight excluding hydrogens is 432 g/mol. The van der Waals surface area contributed by atoms with E-state index in [1.165, 1.54) is 6.42 Å². The Labute approximate surface area is 202 Å². The number of nitrogens with one attached hydrogen (secondary N) is 1. The number of nitrogens with zero attached hydrogens (tertiary/aromatic N) is 1. The predicted octanol–water partition coefficient (Wildman–Crippen LogP) is 1.89. The van der Waals surface area contributed by atoms with Crippen LogP contribution in [0.25, 0.3) is 0 Å². The Hall–Kier alpha value is -1.96. The van der Waals surface area contributed by atoms with Crippen molar-refractivity contribution in [2.45, 2.75) is 104 Å². The lowest BCUT2D eigenvalue weighted by Crippen LogP contribution is -2.57. The highest BCUT2D eigenvalue weighted by Gasteiger charge is 2.85. The van der Waals surface area contributed by atoms with Crippen LogP contribution in [0.2, 0.25) is 0 Å². The highest BCUT2D eigenvalue weighted by Crippen LogP contribution is 2.88. The zero-order chi connectivity index (χ0) is 25.3. The van der Waals surface area contributed by atoms with E-state index in [-0.39, 0.29) is 28.1 Å². The number of primary amides is 1. The maximum atomic E-state index is 13.7. The number of Topliss-reactive ketones (excluding diaryl/α,β-unsaturated/α-hetero) is 1. The fraction of sp³-hybridized carbons (Fsp3) is 0.846. The summed E-state index contributed by atoms with van der Waals surface area (Å²) in [5, 5.41) is 2.83. The molecule has 1 aliphatic heterocycles. The van der Waals surface area contributed by atoms with Crippen molar-refractivity contribution in [1.29, 1.82) is 0 Å². The van der Waals surface area contributed by atoms with E-state index in [0.29, 0.717) is 25.3 Å². The molecule has 190 valence electrons. The van der Waals surface area contributed by atoms with Gasteiger partial charge in [-0.25, -0.2) is 0 Å². The minimum absolute atomic E-state index is 0.0337. The van der Waals surface area contributed by atoms with Gasteiger partial charge in [0.15, 0.2) is 0 Å². The molecule has 0 aromatic rings. The van der Waals surface area contributed by atoms with Gasteiger partial charge in [-0.2, -0.15) is 0 Å². The molecule has 8 nitrogen and oxygen atoms in total. The molecule has 3 amide bonds. The molecule has 2 spiro atoms. The van der Waals surface area contributed by atoms with E-state index < -0.39 is 35.2 Å². The van der Waals surface area contributed by atoms with Gasteiger partial charge in [0, 0.05) is 12.0 Å². The van der Waals surface area contributed by atoms with Crippen molar-refractivity contribution >= 4 is 23.5 Å². The maximum Gasteiger partial charge on any atom is 0.287 e. The average Bonchev–Trinajstić information content (AvgIpc) is 2.94. The largest absolute Gasteiger partial charge is 0.363 e. The SMILES string of the molecule is CC(C)(C)[C@H](N)C(=O)N1CC2(C[C@H]1C(=O)NC(CC1CCC1)C(=O)C(N)=O)C(C)(C)C21CCC1. The molecule has 5 N–H and O–H groups in total. The van der Waals surface area contributed by atoms with Crippen molar-refractivity contribution in [2.75, 3.05) is 6.54 Å². The summed E-state index contributed by atoms with van der Waals surface area (Å²) >= 11 is 0. The Morgan fingerprint density at radius 1 is 1.06 bits per heavy atom. The van der Waals surface area contributed by atoms with Gasteiger partial charge in [-0.3, -0.25) is 19.2 Å². The molecule has 1 saturated heterocycles. The Bertz CT molecular complexity index is 899. The molecule has 0 bridgehead atoms. The third-order valence-corrected chi connectivity index (χ3v) is 10.3. The van der Waals surface area contributed by atoms with Crippen LogP contribution < -0.4 is 16.8 Å². The molecule has 2 unspecified atom stereocenters. The Morgan fingerprint density at radius 3 is 2.09 bits per heavy atom. The van der Waals surface area contributed by atoms with E-state index in [9.17, 15) is 19.2 Å². The topological polar surface area (TPSA) is 136 Å². The Kier molecular flexibility index (Phi) is 5.94. The average molecular weight is 475 g/mol. The third-order valence-electron chi connectivity index (χ3n) is 10.3. The van der Waals surface area contributed by atoms with Gasteiger partial charge in [0.05, 0.1) is 12.1 Å². The van der Waals surface area contributed by atoms with Crippen LogP contribution in [0.3, 0.4) is 0 Å². The summed E-state index contributed by atoms with van der Waals surface area (Å²) in [4.78, 5) is 53.1. The normalized spacial score (nSPS) is 30.9. The fourth-order valence-electron chi connectivity index (χ4n) is 7.35. The highest BCUT2D eigenvalue weighted by molar-refractivity contribution is 6.37. The smallest absolute Gasteiger partial charge is 0.287 e. The minimum Gasteiger partial charge on any atom is -0.363 e. The molecule has 0 radical (unpaired) electrons. The van der Waals surface area contributed by atoms with Crippen LogP contribution in [0.4, 0.5) is 0 Å². The van der Waals surface area contributed by atoms with Gasteiger partial charge >= 0.3 is 0 Å². The standard InChI is InChI=1S/C26H42N4O4/c1-23(2,3)19(27)22(34)30-14-26(24(4,5)25(26)10-7-11-25)13-17(30)21(33)29-16(18(31)20(28)32)12-15-8-6-9-15/h15-17,19H,6-14,27H2,1-5H3,(H2,28,32)(H,29,33)/t16?,17-,19+,26?/m0/s1. The summed E-state index contributed by atoms with van der Waals surface area (Å²) in [6.45, 7) is 10.8. The molecule has 3 aliphatic carbocycles. The fourth-order valence-corrected chi connectivity index (χ4v) is 7.35. The lowest BCUT2D eigenvalue weighted by molar-refractivity contribution is -0.143. The zero-order valence-corrected chi connectivity index (χ0v) is 21.4. The minimum atomic E-state index is -1.04. The quantitative estimate of drug-likeness (QED) is 0.484. The van der Waals surface area contributed by atoms with Crippen molar-refractivity contribution in [2.24, 2.45) is 39.0 Å². The van der Waals surface area contributed by atoms with Crippen molar-refractivity contribution in [3.63, 3.8) is 0 Å². The Balaban J connectivity index is 1.60. The second kappa shape index (κ2) is 8.04. The van der Waals surface area contributed by atoms with E-state index in [0.717, 1.165) is 32.1 Å². The van der Waals surface area contributed by atoms with Gasteiger partial charge in [0.1, 0.15) is 6.04 Å². The van der Waals surface area contributed by atoms with E-state index >= 15 is 0 Å². The van der Waals surface area contributed by atoms with E-state index in [1.807, 2.05) is 20.8 Å². The van der Waals surface area contributed by atoms with Crippen LogP contribution in [-0.4, -0.2) is 53.1 Å². The number of hydrogen-bond acceptors (Lipinski definition) is 5. The molecule has 4 fully saturated rings. The number of amides is 3. The second-order valence-electron chi connectivity index (χ2n) is 13.0. The first-order valence-corrected chi connectivity index (χ1v) is 12.9. The molecule has 1 heterocycles. The number of carbonyl (C=O) groups is 4. The van der Waals surface area contributed by atoms with Crippen molar-refractivity contribution in [3.05, 3.63) is 0 Å². The molecule has 0 aromatic heterocycles. The van der Waals surface area contributed by atoms with Crippen molar-refractivity contribution in [1.82, 2.24) is 10.2 Å².